The molecule has 0 saturated carbocycles. The molecular weight excluding hydrogens is 397 g/mol. The van der Waals surface area contributed by atoms with Gasteiger partial charge >= 0.3 is 12.1 Å². The van der Waals surface area contributed by atoms with Gasteiger partial charge in [-0.25, -0.2) is 14.3 Å². The molecule has 13 heteroatoms. The summed E-state index contributed by atoms with van der Waals surface area (Å²) in [6, 6.07) is 5.33. The molecule has 0 unspecified atom stereocenters. The van der Waals surface area contributed by atoms with Gasteiger partial charge in [-0.15, -0.1) is 0 Å². The smallest absolute Gasteiger partial charge is 0.380 e. The van der Waals surface area contributed by atoms with Gasteiger partial charge in [0.05, 0.1) is 22.2 Å². The zero-order valence-electron chi connectivity index (χ0n) is 14.5. The molecule has 0 fully saturated rings. The lowest BCUT2D eigenvalue weighted by Gasteiger charge is -2.09. The summed E-state index contributed by atoms with van der Waals surface area (Å²) in [5, 5.41) is 17.6. The van der Waals surface area contributed by atoms with Crippen LogP contribution in [-0.4, -0.2) is 31.3 Å². The number of non-ortho nitro benzene ring substituents is 1. The third-order valence-electron chi connectivity index (χ3n) is 3.71. The van der Waals surface area contributed by atoms with Crippen LogP contribution in [0.2, 0.25) is 0 Å². The van der Waals surface area contributed by atoms with Crippen LogP contribution in [0.3, 0.4) is 0 Å². The predicted molar refractivity (Wildman–Crippen MR) is 92.0 cm³/mol. The summed E-state index contributed by atoms with van der Waals surface area (Å²) in [5.41, 5.74) is 4.17. The van der Waals surface area contributed by atoms with Crippen molar-refractivity contribution in [1.29, 1.82) is 0 Å². The van der Waals surface area contributed by atoms with Gasteiger partial charge in [0.2, 0.25) is 0 Å². The lowest BCUT2D eigenvalue weighted by Crippen LogP contribution is -2.17. The first-order chi connectivity index (χ1) is 13.6. The number of nitro groups is 1. The quantitative estimate of drug-likeness (QED) is 0.230. The Morgan fingerprint density at radius 3 is 2.55 bits per heavy atom. The molecule has 3 aromatic rings. The van der Waals surface area contributed by atoms with Crippen LogP contribution in [0.4, 0.5) is 18.9 Å². The number of oxime groups is 1. The second-order valence-corrected chi connectivity index (χ2v) is 5.73. The molecule has 3 rings (SSSR count). The Bertz CT molecular complexity index is 1140. The molecule has 2 aromatic heterocycles. The number of halogens is 3. The van der Waals surface area contributed by atoms with Crippen LogP contribution in [0.15, 0.2) is 41.7 Å². The fraction of sp³-hybridized carbons (Fsp3) is 0.125. The number of aromatic nitrogens is 3. The molecule has 0 saturated heterocycles. The number of fused-ring (bicyclic) bond motifs is 1. The van der Waals surface area contributed by atoms with Crippen molar-refractivity contribution in [2.75, 3.05) is 0 Å². The van der Waals surface area contributed by atoms with Crippen LogP contribution < -0.4 is 5.73 Å². The SMILES string of the molecule is Cc1cc(C(F)(F)F)n2ncc(/C(N)=N/OC(=O)c3ccc([N+](=O)[O-])cc3)c2n1. The lowest BCUT2D eigenvalue weighted by atomic mass is 10.2. The van der Waals surface area contributed by atoms with E-state index in [1.165, 1.54) is 6.92 Å². The Kier molecular flexibility index (Phi) is 4.88. The van der Waals surface area contributed by atoms with Crippen molar-refractivity contribution < 1.29 is 27.7 Å². The van der Waals surface area contributed by atoms with E-state index in [1.807, 2.05) is 0 Å². The number of alkyl halides is 3. The highest BCUT2D eigenvalue weighted by atomic mass is 19.4. The molecule has 29 heavy (non-hydrogen) atoms. The van der Waals surface area contributed by atoms with Gasteiger partial charge in [0.25, 0.3) is 5.69 Å². The number of carbonyl (C=O) groups excluding carboxylic acids is 1. The average molecular weight is 408 g/mol. The number of amidine groups is 1. The van der Waals surface area contributed by atoms with Gasteiger partial charge in [0.1, 0.15) is 5.69 Å². The Morgan fingerprint density at radius 2 is 1.97 bits per heavy atom. The van der Waals surface area contributed by atoms with Crippen LogP contribution in [0.5, 0.6) is 0 Å². The van der Waals surface area contributed by atoms with Gasteiger partial charge in [-0.05, 0) is 25.1 Å². The number of hydrogen-bond acceptors (Lipinski definition) is 7. The number of benzene rings is 1. The number of nitro benzene ring substituents is 1. The number of hydrogen-bond donors (Lipinski definition) is 1. The summed E-state index contributed by atoms with van der Waals surface area (Å²) >= 11 is 0. The fourth-order valence-electron chi connectivity index (χ4n) is 2.38. The summed E-state index contributed by atoms with van der Waals surface area (Å²) in [5.74, 6) is -1.40. The van der Waals surface area contributed by atoms with Crippen molar-refractivity contribution >= 4 is 23.1 Å². The van der Waals surface area contributed by atoms with Crippen molar-refractivity contribution in [3.63, 3.8) is 0 Å². The summed E-state index contributed by atoms with van der Waals surface area (Å²) in [7, 11) is 0. The first-order valence-corrected chi connectivity index (χ1v) is 7.80. The molecule has 0 aliphatic carbocycles. The van der Waals surface area contributed by atoms with Gasteiger partial charge in [0, 0.05) is 17.8 Å². The molecule has 2 heterocycles. The van der Waals surface area contributed by atoms with Gasteiger partial charge < -0.3 is 10.6 Å². The first-order valence-electron chi connectivity index (χ1n) is 7.80. The summed E-state index contributed by atoms with van der Waals surface area (Å²) in [6.07, 6.45) is -3.67. The van der Waals surface area contributed by atoms with E-state index < -0.39 is 28.6 Å². The Balaban J connectivity index is 1.88. The fourth-order valence-corrected chi connectivity index (χ4v) is 2.38. The molecule has 10 nitrogen and oxygen atoms in total. The van der Waals surface area contributed by atoms with E-state index in [-0.39, 0.29) is 28.2 Å². The Morgan fingerprint density at radius 1 is 1.31 bits per heavy atom. The number of nitrogens with two attached hydrogens (primary N) is 1. The van der Waals surface area contributed by atoms with Crippen molar-refractivity contribution in [2.45, 2.75) is 13.1 Å². The minimum atomic E-state index is -4.68. The van der Waals surface area contributed by atoms with Crippen LogP contribution in [-0.2, 0) is 11.0 Å². The van der Waals surface area contributed by atoms with E-state index in [4.69, 9.17) is 5.73 Å². The second kappa shape index (κ2) is 7.18. The number of aryl methyl sites for hydroxylation is 1. The van der Waals surface area contributed by atoms with Crippen molar-refractivity contribution in [3.8, 4) is 0 Å². The highest BCUT2D eigenvalue weighted by Gasteiger charge is 2.35. The van der Waals surface area contributed by atoms with E-state index in [9.17, 15) is 28.1 Å². The van der Waals surface area contributed by atoms with Crippen LogP contribution >= 0.6 is 0 Å². The van der Waals surface area contributed by atoms with E-state index in [1.54, 1.807) is 0 Å². The molecule has 0 amide bonds. The minimum Gasteiger partial charge on any atom is -0.380 e. The van der Waals surface area contributed by atoms with Crippen LogP contribution in [0.25, 0.3) is 5.65 Å². The van der Waals surface area contributed by atoms with Crippen LogP contribution in [0.1, 0.15) is 27.3 Å². The molecule has 150 valence electrons. The second-order valence-electron chi connectivity index (χ2n) is 5.73. The van der Waals surface area contributed by atoms with E-state index in [2.05, 4.69) is 20.1 Å². The third kappa shape index (κ3) is 3.97. The standard InChI is InChI=1S/C16H11F3N6O4/c1-8-6-12(16(17,18)19)24-14(22-8)11(7-21-24)13(20)23-29-15(26)9-2-4-10(5-3-9)25(27)28/h2-7H,1H3,(H2,20,23). The molecule has 0 spiro atoms. The van der Waals surface area contributed by atoms with Crippen LogP contribution in [0, 0.1) is 17.0 Å². The molecule has 0 radical (unpaired) electrons. The molecule has 0 atom stereocenters. The Hall–Kier alpha value is -4.03. The molecule has 0 aliphatic heterocycles. The number of carbonyl (C=O) groups is 1. The zero-order chi connectivity index (χ0) is 21.3. The summed E-state index contributed by atoms with van der Waals surface area (Å²) < 4.78 is 40.1. The highest BCUT2D eigenvalue weighted by molar-refractivity contribution is 6.02. The van der Waals surface area contributed by atoms with Crippen molar-refractivity contribution in [1.82, 2.24) is 14.6 Å². The topological polar surface area (TPSA) is 138 Å². The maximum absolute atomic E-state index is 13.2. The predicted octanol–water partition coefficient (Wildman–Crippen LogP) is 2.44. The van der Waals surface area contributed by atoms with Crippen molar-refractivity contribution in [3.05, 3.63) is 69.2 Å². The largest absolute Gasteiger partial charge is 0.433 e. The van der Waals surface area contributed by atoms with Gasteiger partial charge in [-0.3, -0.25) is 10.1 Å². The third-order valence-corrected chi connectivity index (χ3v) is 3.71. The molecule has 1 aromatic carbocycles. The van der Waals surface area contributed by atoms with Gasteiger partial charge in [-0.1, -0.05) is 5.16 Å². The lowest BCUT2D eigenvalue weighted by molar-refractivity contribution is -0.384. The molecule has 0 aliphatic rings. The normalized spacial score (nSPS) is 12.2. The first kappa shape index (κ1) is 19.7. The summed E-state index contributed by atoms with van der Waals surface area (Å²) in [6.45, 7) is 1.37. The molecule has 0 bridgehead atoms. The molecular formula is C16H11F3N6O4. The highest BCUT2D eigenvalue weighted by Crippen LogP contribution is 2.30. The van der Waals surface area contributed by atoms with E-state index >= 15 is 0 Å². The maximum atomic E-state index is 13.2. The zero-order valence-corrected chi connectivity index (χ0v) is 14.5. The van der Waals surface area contributed by atoms with E-state index in [0.717, 1.165) is 36.5 Å². The van der Waals surface area contributed by atoms with Gasteiger partial charge in [0.15, 0.2) is 11.5 Å². The average Bonchev–Trinajstić information content (AvgIpc) is 3.08. The molecule has 2 N–H and O–H groups in total. The van der Waals surface area contributed by atoms with E-state index in [0.29, 0.717) is 4.52 Å². The Labute approximate surface area is 159 Å². The maximum Gasteiger partial charge on any atom is 0.433 e. The monoisotopic (exact) mass is 408 g/mol. The summed E-state index contributed by atoms with van der Waals surface area (Å²) in [4.78, 5) is 30.6. The van der Waals surface area contributed by atoms with Crippen molar-refractivity contribution in [2.24, 2.45) is 10.9 Å². The number of nitrogens with zero attached hydrogens (tertiary/aromatic N) is 5. The minimum absolute atomic E-state index is 0.0414. The van der Waals surface area contributed by atoms with Gasteiger partial charge in [-0.2, -0.15) is 18.3 Å². The number of rotatable bonds is 4.